The van der Waals surface area contributed by atoms with E-state index in [2.05, 4.69) is 29.2 Å². The first-order chi connectivity index (χ1) is 7.94. The smallest absolute Gasteiger partial charge is 0.138 e. The van der Waals surface area contributed by atoms with Crippen LogP contribution in [0.25, 0.3) is 0 Å². The zero-order valence-corrected chi connectivity index (χ0v) is 11.3. The van der Waals surface area contributed by atoms with Gasteiger partial charge in [-0.2, -0.15) is 5.10 Å². The lowest BCUT2D eigenvalue weighted by Crippen LogP contribution is -2.40. The lowest BCUT2D eigenvalue weighted by atomic mass is 10.0. The van der Waals surface area contributed by atoms with Crippen LogP contribution in [0.1, 0.15) is 33.5 Å². The molecule has 1 aromatic heterocycles. The molecular weight excluding hydrogens is 216 g/mol. The minimum Gasteiger partial charge on any atom is -0.388 e. The van der Waals surface area contributed by atoms with E-state index in [9.17, 15) is 5.11 Å². The minimum absolute atomic E-state index is 0.521. The number of aliphatic hydroxyl groups is 1. The number of hydrogen-bond acceptors (Lipinski definition) is 4. The summed E-state index contributed by atoms with van der Waals surface area (Å²) < 4.78 is 1.88. The molecule has 1 atom stereocenters. The van der Waals surface area contributed by atoms with Crippen LogP contribution >= 0.6 is 0 Å². The molecule has 5 nitrogen and oxygen atoms in total. The van der Waals surface area contributed by atoms with Gasteiger partial charge in [-0.15, -0.1) is 0 Å². The summed E-state index contributed by atoms with van der Waals surface area (Å²) in [4.78, 5) is 4.23. The second kappa shape index (κ2) is 6.12. The van der Waals surface area contributed by atoms with Crippen molar-refractivity contribution in [2.75, 3.05) is 13.1 Å². The van der Waals surface area contributed by atoms with Crippen molar-refractivity contribution in [3.63, 3.8) is 0 Å². The lowest BCUT2D eigenvalue weighted by molar-refractivity contribution is 0.0573. The Morgan fingerprint density at radius 1 is 1.53 bits per heavy atom. The summed E-state index contributed by atoms with van der Waals surface area (Å²) in [5.74, 6) is 1.37. The van der Waals surface area contributed by atoms with Crippen molar-refractivity contribution in [3.05, 3.63) is 12.2 Å². The first-order valence-electron chi connectivity index (χ1n) is 6.24. The lowest BCUT2D eigenvalue weighted by Gasteiger charge is -2.23. The molecule has 1 unspecified atom stereocenters. The highest BCUT2D eigenvalue weighted by Crippen LogP contribution is 2.11. The first kappa shape index (κ1) is 14.1. The predicted molar refractivity (Wildman–Crippen MR) is 67.7 cm³/mol. The van der Waals surface area contributed by atoms with Crippen molar-refractivity contribution >= 4 is 0 Å². The van der Waals surface area contributed by atoms with Gasteiger partial charge in [0.15, 0.2) is 0 Å². The number of likely N-dealkylation sites (N-methyl/N-ethyl adjacent to an activating group) is 1. The molecule has 0 bridgehead atoms. The van der Waals surface area contributed by atoms with Crippen molar-refractivity contribution in [1.82, 2.24) is 20.1 Å². The van der Waals surface area contributed by atoms with Gasteiger partial charge in [-0.05, 0) is 19.4 Å². The highest BCUT2D eigenvalue weighted by Gasteiger charge is 2.23. The Kier molecular flexibility index (Phi) is 5.08. The molecule has 0 saturated heterocycles. The molecule has 98 valence electrons. The Bertz CT molecular complexity index is 333. The summed E-state index contributed by atoms with van der Waals surface area (Å²) >= 11 is 0. The van der Waals surface area contributed by atoms with Gasteiger partial charge >= 0.3 is 0 Å². The summed E-state index contributed by atoms with van der Waals surface area (Å²) in [7, 11) is 0. The Morgan fingerprint density at radius 2 is 2.24 bits per heavy atom. The fraction of sp³-hybridized carbons (Fsp3) is 0.833. The highest BCUT2D eigenvalue weighted by molar-refractivity contribution is 4.94. The molecule has 0 aliphatic carbocycles. The van der Waals surface area contributed by atoms with E-state index in [-0.39, 0.29) is 0 Å². The summed E-state index contributed by atoms with van der Waals surface area (Å²) in [5.41, 5.74) is -0.780. The van der Waals surface area contributed by atoms with Crippen LogP contribution in [0.4, 0.5) is 0 Å². The van der Waals surface area contributed by atoms with E-state index in [1.165, 1.54) is 0 Å². The van der Waals surface area contributed by atoms with Gasteiger partial charge in [0, 0.05) is 19.5 Å². The van der Waals surface area contributed by atoms with Crippen molar-refractivity contribution in [3.8, 4) is 0 Å². The second-order valence-corrected chi connectivity index (χ2v) is 5.21. The number of rotatable bonds is 7. The molecule has 17 heavy (non-hydrogen) atoms. The van der Waals surface area contributed by atoms with Gasteiger partial charge in [-0.1, -0.05) is 20.8 Å². The van der Waals surface area contributed by atoms with Gasteiger partial charge in [-0.3, -0.25) is 0 Å². The van der Waals surface area contributed by atoms with Crippen LogP contribution in [-0.2, 0) is 13.0 Å². The highest BCUT2D eigenvalue weighted by atomic mass is 16.3. The van der Waals surface area contributed by atoms with Crippen LogP contribution < -0.4 is 5.32 Å². The molecule has 1 aromatic rings. The van der Waals surface area contributed by atoms with Crippen molar-refractivity contribution in [2.45, 2.75) is 46.3 Å². The first-order valence-corrected chi connectivity index (χ1v) is 6.24. The fourth-order valence-corrected chi connectivity index (χ4v) is 1.72. The van der Waals surface area contributed by atoms with Crippen LogP contribution in [0.2, 0.25) is 0 Å². The number of nitrogens with one attached hydrogen (secondary N) is 1. The topological polar surface area (TPSA) is 63.0 Å². The van der Waals surface area contributed by atoms with Gasteiger partial charge in [0.05, 0.1) is 5.60 Å². The molecular formula is C12H24N4O. The molecule has 5 heteroatoms. The Balaban J connectivity index is 2.64. The molecule has 0 fully saturated rings. The number of nitrogens with zero attached hydrogens (tertiary/aromatic N) is 3. The summed E-state index contributed by atoms with van der Waals surface area (Å²) in [6.07, 6.45) is 2.08. The third kappa shape index (κ3) is 4.83. The average Bonchev–Trinajstić information content (AvgIpc) is 2.61. The molecule has 0 aliphatic heterocycles. The quantitative estimate of drug-likeness (QED) is 0.741. The largest absolute Gasteiger partial charge is 0.388 e. The van der Waals surface area contributed by atoms with Crippen LogP contribution in [0.5, 0.6) is 0 Å². The molecule has 0 radical (unpaired) electrons. The Morgan fingerprint density at radius 3 is 2.82 bits per heavy atom. The van der Waals surface area contributed by atoms with Crippen LogP contribution in [-0.4, -0.2) is 38.6 Å². The molecule has 0 spiro atoms. The van der Waals surface area contributed by atoms with Gasteiger partial charge < -0.3 is 10.4 Å². The van der Waals surface area contributed by atoms with E-state index >= 15 is 0 Å². The van der Waals surface area contributed by atoms with Crippen molar-refractivity contribution in [1.29, 1.82) is 0 Å². The summed E-state index contributed by atoms with van der Waals surface area (Å²) in [6, 6.07) is 0. The monoisotopic (exact) mass is 240 g/mol. The van der Waals surface area contributed by atoms with Crippen LogP contribution in [0.15, 0.2) is 6.33 Å². The van der Waals surface area contributed by atoms with E-state index in [1.54, 1.807) is 6.33 Å². The maximum atomic E-state index is 10.2. The maximum absolute atomic E-state index is 10.2. The van der Waals surface area contributed by atoms with E-state index < -0.39 is 5.60 Å². The normalized spacial score (nSPS) is 15.2. The maximum Gasteiger partial charge on any atom is 0.138 e. The molecule has 2 N–H and O–H groups in total. The zero-order valence-electron chi connectivity index (χ0n) is 11.3. The molecule has 0 amide bonds. The standard InChI is InChI=1S/C12H24N4O/c1-5-13-8-12(4,17)6-11-14-9-15-16(11)7-10(2)3/h9-10,13,17H,5-8H2,1-4H3. The number of aromatic nitrogens is 3. The van der Waals surface area contributed by atoms with Crippen molar-refractivity contribution < 1.29 is 5.11 Å². The van der Waals surface area contributed by atoms with E-state index in [0.717, 1.165) is 18.9 Å². The molecule has 0 aliphatic rings. The molecule has 0 aromatic carbocycles. The minimum atomic E-state index is -0.780. The molecule has 0 saturated carbocycles. The van der Waals surface area contributed by atoms with Gasteiger partial charge in [0.25, 0.3) is 0 Å². The fourth-order valence-electron chi connectivity index (χ4n) is 1.72. The van der Waals surface area contributed by atoms with Crippen LogP contribution in [0.3, 0.4) is 0 Å². The molecule has 1 heterocycles. The van der Waals surface area contributed by atoms with E-state index in [0.29, 0.717) is 18.9 Å². The van der Waals surface area contributed by atoms with Crippen LogP contribution in [0, 0.1) is 5.92 Å². The van der Waals surface area contributed by atoms with E-state index in [1.807, 2.05) is 18.5 Å². The van der Waals surface area contributed by atoms with E-state index in [4.69, 9.17) is 0 Å². The third-order valence-corrected chi connectivity index (χ3v) is 2.53. The Hall–Kier alpha value is -0.940. The third-order valence-electron chi connectivity index (χ3n) is 2.53. The van der Waals surface area contributed by atoms with Gasteiger partial charge in [0.1, 0.15) is 12.2 Å². The predicted octanol–water partition coefficient (Wildman–Crippen LogP) is 0.837. The average molecular weight is 240 g/mol. The Labute approximate surface area is 103 Å². The molecule has 1 rings (SSSR count). The zero-order chi connectivity index (χ0) is 12.9. The van der Waals surface area contributed by atoms with Gasteiger partial charge in [0.2, 0.25) is 0 Å². The SMILES string of the molecule is CCNCC(C)(O)Cc1ncnn1CC(C)C. The summed E-state index contributed by atoms with van der Waals surface area (Å²) in [5, 5.41) is 17.6. The number of hydrogen-bond donors (Lipinski definition) is 2. The van der Waals surface area contributed by atoms with Gasteiger partial charge in [-0.25, -0.2) is 9.67 Å². The second-order valence-electron chi connectivity index (χ2n) is 5.21. The van der Waals surface area contributed by atoms with Crippen molar-refractivity contribution in [2.24, 2.45) is 5.92 Å². The summed E-state index contributed by atoms with van der Waals surface area (Å²) in [6.45, 7) is 10.4.